The molecule has 0 radical (unpaired) electrons. The van der Waals surface area contributed by atoms with Gasteiger partial charge >= 0.3 is 0 Å². The topological polar surface area (TPSA) is 64.3 Å². The predicted molar refractivity (Wildman–Crippen MR) is 97.2 cm³/mol. The molecule has 25 heavy (non-hydrogen) atoms. The Balaban J connectivity index is 1.92. The molecule has 3 rings (SSSR count). The number of carbonyl (C=O) groups excluding carboxylic acids is 1. The first-order valence-corrected chi connectivity index (χ1v) is 7.68. The van der Waals surface area contributed by atoms with Gasteiger partial charge in [-0.15, -0.1) is 0 Å². The monoisotopic (exact) mass is 336 g/mol. The zero-order chi connectivity index (χ0) is 17.8. The number of ether oxygens (including phenoxy) is 1. The van der Waals surface area contributed by atoms with E-state index in [1.807, 2.05) is 6.07 Å². The van der Waals surface area contributed by atoms with Gasteiger partial charge in [0.25, 0.3) is 5.91 Å². The van der Waals surface area contributed by atoms with Gasteiger partial charge in [-0.25, -0.2) is 4.39 Å². The van der Waals surface area contributed by atoms with Crippen LogP contribution in [-0.4, -0.2) is 13.0 Å². The minimum atomic E-state index is -0.413. The Labute approximate surface area is 145 Å². The minimum Gasteiger partial charge on any atom is -0.497 e. The third-order valence-electron chi connectivity index (χ3n) is 3.82. The molecule has 4 nitrogen and oxygen atoms in total. The number of methoxy groups -OCH3 is 1. The van der Waals surface area contributed by atoms with Gasteiger partial charge in [0, 0.05) is 17.2 Å². The number of carbonyl (C=O) groups is 1. The quantitative estimate of drug-likeness (QED) is 0.697. The summed E-state index contributed by atoms with van der Waals surface area (Å²) in [6.07, 6.45) is 0. The second-order valence-electron chi connectivity index (χ2n) is 5.47. The molecule has 5 heteroatoms. The van der Waals surface area contributed by atoms with Gasteiger partial charge < -0.3 is 15.8 Å². The van der Waals surface area contributed by atoms with Gasteiger partial charge in [0.1, 0.15) is 11.6 Å². The molecule has 0 aliphatic heterocycles. The van der Waals surface area contributed by atoms with Crippen LogP contribution in [0.3, 0.4) is 0 Å². The van der Waals surface area contributed by atoms with Crippen molar-refractivity contribution in [3.63, 3.8) is 0 Å². The molecule has 3 N–H and O–H groups in total. The van der Waals surface area contributed by atoms with E-state index in [0.29, 0.717) is 33.8 Å². The van der Waals surface area contributed by atoms with Gasteiger partial charge in [-0.1, -0.05) is 24.3 Å². The number of halogens is 1. The minimum absolute atomic E-state index is 0.278. The van der Waals surface area contributed by atoms with Crippen LogP contribution in [0.5, 0.6) is 5.75 Å². The molecule has 3 aromatic rings. The molecule has 126 valence electrons. The molecule has 3 aromatic carbocycles. The number of rotatable bonds is 4. The normalized spacial score (nSPS) is 10.3. The molecule has 0 aliphatic carbocycles. The smallest absolute Gasteiger partial charge is 0.255 e. The maximum Gasteiger partial charge on any atom is 0.255 e. The lowest BCUT2D eigenvalue weighted by Gasteiger charge is -2.12. The molecule has 0 unspecified atom stereocenters. The molecular weight excluding hydrogens is 319 g/mol. The van der Waals surface area contributed by atoms with Crippen LogP contribution in [0, 0.1) is 5.82 Å². The van der Waals surface area contributed by atoms with Crippen LogP contribution < -0.4 is 15.8 Å². The molecule has 0 fully saturated rings. The van der Waals surface area contributed by atoms with E-state index in [1.165, 1.54) is 13.2 Å². The van der Waals surface area contributed by atoms with Gasteiger partial charge in [0.2, 0.25) is 0 Å². The Kier molecular flexibility index (Phi) is 4.66. The van der Waals surface area contributed by atoms with E-state index in [0.717, 1.165) is 0 Å². The second kappa shape index (κ2) is 7.05. The van der Waals surface area contributed by atoms with Crippen LogP contribution in [0.25, 0.3) is 11.1 Å². The molecule has 0 saturated carbocycles. The first-order valence-electron chi connectivity index (χ1n) is 7.68. The molecule has 0 atom stereocenters. The van der Waals surface area contributed by atoms with Crippen molar-refractivity contribution in [2.45, 2.75) is 0 Å². The van der Waals surface area contributed by atoms with E-state index in [1.54, 1.807) is 54.6 Å². The van der Waals surface area contributed by atoms with Crippen LogP contribution in [-0.2, 0) is 0 Å². The standard InChI is InChI=1S/C20H17FN2O2/c1-25-15-8-9-16(17(21)12-15)14-7-10-18(22)19(11-14)23-20(24)13-5-3-2-4-6-13/h2-12H,22H2,1H3,(H,23,24). The van der Waals surface area contributed by atoms with Crippen LogP contribution in [0.15, 0.2) is 66.7 Å². The Bertz CT molecular complexity index is 911. The Morgan fingerprint density at radius 2 is 1.80 bits per heavy atom. The maximum atomic E-state index is 14.3. The van der Waals surface area contributed by atoms with Crippen molar-refractivity contribution >= 4 is 17.3 Å². The first kappa shape index (κ1) is 16.5. The van der Waals surface area contributed by atoms with Crippen LogP contribution >= 0.6 is 0 Å². The first-order chi connectivity index (χ1) is 12.1. The van der Waals surface area contributed by atoms with E-state index in [4.69, 9.17) is 10.5 Å². The van der Waals surface area contributed by atoms with Crippen molar-refractivity contribution in [1.29, 1.82) is 0 Å². The van der Waals surface area contributed by atoms with Crippen molar-refractivity contribution in [3.8, 4) is 16.9 Å². The summed E-state index contributed by atoms with van der Waals surface area (Å²) in [6.45, 7) is 0. The molecular formula is C20H17FN2O2. The number of nitrogen functional groups attached to an aromatic ring is 1. The van der Waals surface area contributed by atoms with E-state index in [2.05, 4.69) is 5.32 Å². The summed E-state index contributed by atoms with van der Waals surface area (Å²) in [6, 6.07) is 18.4. The summed E-state index contributed by atoms with van der Waals surface area (Å²) in [4.78, 5) is 12.3. The van der Waals surface area contributed by atoms with Crippen LogP contribution in [0.1, 0.15) is 10.4 Å². The van der Waals surface area contributed by atoms with E-state index >= 15 is 0 Å². The Morgan fingerprint density at radius 3 is 2.48 bits per heavy atom. The lowest BCUT2D eigenvalue weighted by molar-refractivity contribution is 0.102. The van der Waals surface area contributed by atoms with E-state index in [-0.39, 0.29) is 5.91 Å². The third kappa shape index (κ3) is 3.61. The molecule has 0 saturated heterocycles. The van der Waals surface area contributed by atoms with Crippen LogP contribution in [0.2, 0.25) is 0 Å². The fourth-order valence-electron chi connectivity index (χ4n) is 2.47. The van der Waals surface area contributed by atoms with Crippen molar-refractivity contribution in [1.82, 2.24) is 0 Å². The average Bonchev–Trinajstić information content (AvgIpc) is 2.64. The maximum absolute atomic E-state index is 14.3. The lowest BCUT2D eigenvalue weighted by atomic mass is 10.0. The Morgan fingerprint density at radius 1 is 1.04 bits per heavy atom. The van der Waals surface area contributed by atoms with Gasteiger partial charge in [-0.05, 0) is 42.0 Å². The largest absolute Gasteiger partial charge is 0.497 e. The number of nitrogens with one attached hydrogen (secondary N) is 1. The van der Waals surface area contributed by atoms with Crippen molar-refractivity contribution < 1.29 is 13.9 Å². The zero-order valence-corrected chi connectivity index (χ0v) is 13.6. The van der Waals surface area contributed by atoms with Gasteiger partial charge in [-0.2, -0.15) is 0 Å². The number of hydrogen-bond acceptors (Lipinski definition) is 3. The van der Waals surface area contributed by atoms with Gasteiger partial charge in [0.05, 0.1) is 18.5 Å². The predicted octanol–water partition coefficient (Wildman–Crippen LogP) is 4.34. The fraction of sp³-hybridized carbons (Fsp3) is 0.0500. The number of amides is 1. The van der Waals surface area contributed by atoms with Crippen molar-refractivity contribution in [3.05, 3.63) is 78.1 Å². The SMILES string of the molecule is COc1ccc(-c2ccc(N)c(NC(=O)c3ccccc3)c2)c(F)c1. The average molecular weight is 336 g/mol. The van der Waals surface area contributed by atoms with Gasteiger partial charge in [-0.3, -0.25) is 4.79 Å². The van der Waals surface area contributed by atoms with Crippen molar-refractivity contribution in [2.75, 3.05) is 18.2 Å². The third-order valence-corrected chi connectivity index (χ3v) is 3.82. The van der Waals surface area contributed by atoms with Crippen molar-refractivity contribution in [2.24, 2.45) is 0 Å². The summed E-state index contributed by atoms with van der Waals surface area (Å²) < 4.78 is 19.3. The highest BCUT2D eigenvalue weighted by molar-refractivity contribution is 6.06. The summed E-state index contributed by atoms with van der Waals surface area (Å²) >= 11 is 0. The molecule has 0 bridgehead atoms. The summed E-state index contributed by atoms with van der Waals surface area (Å²) in [5, 5.41) is 2.77. The number of nitrogens with two attached hydrogens (primary N) is 1. The highest BCUT2D eigenvalue weighted by Gasteiger charge is 2.11. The summed E-state index contributed by atoms with van der Waals surface area (Å²) in [5.74, 6) is -0.251. The summed E-state index contributed by atoms with van der Waals surface area (Å²) in [5.41, 5.74) is 8.31. The highest BCUT2D eigenvalue weighted by atomic mass is 19.1. The fourth-order valence-corrected chi connectivity index (χ4v) is 2.47. The van der Waals surface area contributed by atoms with Gasteiger partial charge in [0.15, 0.2) is 0 Å². The molecule has 0 aromatic heterocycles. The second-order valence-corrected chi connectivity index (χ2v) is 5.47. The Hall–Kier alpha value is -3.34. The number of benzene rings is 3. The molecule has 0 heterocycles. The molecule has 1 amide bonds. The van der Waals surface area contributed by atoms with E-state index < -0.39 is 5.82 Å². The highest BCUT2D eigenvalue weighted by Crippen LogP contribution is 2.31. The van der Waals surface area contributed by atoms with E-state index in [9.17, 15) is 9.18 Å². The number of hydrogen-bond donors (Lipinski definition) is 2. The van der Waals surface area contributed by atoms with Crippen LogP contribution in [0.4, 0.5) is 15.8 Å². The number of anilines is 2. The molecule has 0 aliphatic rings. The molecule has 0 spiro atoms. The zero-order valence-electron chi connectivity index (χ0n) is 13.6. The summed E-state index contributed by atoms with van der Waals surface area (Å²) in [7, 11) is 1.48. The lowest BCUT2D eigenvalue weighted by Crippen LogP contribution is -2.13.